The van der Waals surface area contributed by atoms with Gasteiger partial charge in [-0.2, -0.15) is 13.2 Å². The number of alkyl halides is 3. The smallest absolute Gasteiger partial charge is 0.422 e. The van der Waals surface area contributed by atoms with E-state index in [2.05, 4.69) is 10.1 Å². The summed E-state index contributed by atoms with van der Waals surface area (Å²) in [5, 5.41) is 2.26. The Morgan fingerprint density at radius 1 is 1.35 bits per heavy atom. The largest absolute Gasteiger partial charge is 0.481 e. The van der Waals surface area contributed by atoms with E-state index in [0.29, 0.717) is 25.8 Å². The first kappa shape index (κ1) is 20.6. The SMILES string of the molecule is CC[C@@H](C(=O)Nc1cc(Cl)c(OCC(F)(F)F)c(Cl)c1)N1CCCC1=O. The average Bonchev–Trinajstić information content (AvgIpc) is 2.92. The summed E-state index contributed by atoms with van der Waals surface area (Å²) in [6.07, 6.45) is -3.00. The Morgan fingerprint density at radius 2 is 1.96 bits per heavy atom. The Morgan fingerprint density at radius 3 is 2.42 bits per heavy atom. The maximum Gasteiger partial charge on any atom is 0.422 e. The van der Waals surface area contributed by atoms with Crippen LogP contribution < -0.4 is 10.1 Å². The minimum Gasteiger partial charge on any atom is -0.481 e. The Hall–Kier alpha value is -1.67. The van der Waals surface area contributed by atoms with E-state index in [4.69, 9.17) is 23.2 Å². The van der Waals surface area contributed by atoms with E-state index in [1.165, 1.54) is 17.0 Å². The van der Waals surface area contributed by atoms with Gasteiger partial charge in [0.2, 0.25) is 11.8 Å². The summed E-state index contributed by atoms with van der Waals surface area (Å²) in [7, 11) is 0. The van der Waals surface area contributed by atoms with E-state index in [1.807, 2.05) is 0 Å². The Labute approximate surface area is 158 Å². The monoisotopic (exact) mass is 412 g/mol. The molecule has 5 nitrogen and oxygen atoms in total. The molecule has 1 atom stereocenters. The standard InChI is InChI=1S/C16H17Cl2F3N2O3/c1-2-12(23-5-3-4-13(23)24)15(25)22-9-6-10(17)14(11(18)7-9)26-8-16(19,20)21/h6-7,12H,2-5,8H2,1H3,(H,22,25)/t12-/m0/s1. The van der Waals surface area contributed by atoms with Crippen molar-refractivity contribution in [1.29, 1.82) is 0 Å². The molecule has 144 valence electrons. The summed E-state index contributed by atoms with van der Waals surface area (Å²) in [4.78, 5) is 25.8. The molecular weight excluding hydrogens is 396 g/mol. The molecule has 1 aromatic carbocycles. The van der Waals surface area contributed by atoms with E-state index in [0.717, 1.165) is 0 Å². The molecule has 0 radical (unpaired) electrons. The van der Waals surface area contributed by atoms with E-state index >= 15 is 0 Å². The molecular formula is C16H17Cl2F3N2O3. The first-order chi connectivity index (χ1) is 12.1. The molecule has 1 aliphatic rings. The lowest BCUT2D eigenvalue weighted by Gasteiger charge is -2.26. The van der Waals surface area contributed by atoms with Gasteiger partial charge in [-0.1, -0.05) is 30.1 Å². The Bertz CT molecular complexity index is 675. The van der Waals surface area contributed by atoms with Gasteiger partial charge in [0, 0.05) is 18.7 Å². The van der Waals surface area contributed by atoms with Crippen LogP contribution in [0.5, 0.6) is 5.75 Å². The van der Waals surface area contributed by atoms with Crippen LogP contribution in [0, 0.1) is 0 Å². The number of carbonyl (C=O) groups excluding carboxylic acids is 2. The van der Waals surface area contributed by atoms with Crippen LogP contribution >= 0.6 is 23.2 Å². The number of carbonyl (C=O) groups is 2. The highest BCUT2D eigenvalue weighted by Gasteiger charge is 2.32. The Balaban J connectivity index is 2.11. The topological polar surface area (TPSA) is 58.6 Å². The van der Waals surface area contributed by atoms with Gasteiger partial charge in [0.15, 0.2) is 12.4 Å². The molecule has 2 amide bonds. The van der Waals surface area contributed by atoms with Gasteiger partial charge in [-0.05, 0) is 25.0 Å². The number of nitrogens with zero attached hydrogens (tertiary/aromatic N) is 1. The zero-order valence-corrected chi connectivity index (χ0v) is 15.3. The summed E-state index contributed by atoms with van der Waals surface area (Å²) in [6, 6.07) is 1.86. The van der Waals surface area contributed by atoms with Crippen LogP contribution in [-0.4, -0.2) is 42.1 Å². The number of benzene rings is 1. The highest BCUT2D eigenvalue weighted by molar-refractivity contribution is 6.37. The molecule has 0 unspecified atom stereocenters. The second-order valence-electron chi connectivity index (χ2n) is 5.78. The van der Waals surface area contributed by atoms with Crippen molar-refractivity contribution in [3.8, 4) is 5.75 Å². The van der Waals surface area contributed by atoms with Crippen LogP contribution in [0.2, 0.25) is 10.0 Å². The number of amides is 2. The van der Waals surface area contributed by atoms with Crippen molar-refractivity contribution in [2.75, 3.05) is 18.5 Å². The van der Waals surface area contributed by atoms with E-state index in [-0.39, 0.29) is 27.4 Å². The zero-order valence-electron chi connectivity index (χ0n) is 13.8. The number of ether oxygens (including phenoxy) is 1. The normalized spacial score (nSPS) is 15.9. The van der Waals surface area contributed by atoms with Gasteiger partial charge in [0.1, 0.15) is 6.04 Å². The molecule has 0 spiro atoms. The van der Waals surface area contributed by atoms with Gasteiger partial charge < -0.3 is 15.0 Å². The van der Waals surface area contributed by atoms with Crippen molar-refractivity contribution in [2.24, 2.45) is 0 Å². The highest BCUT2D eigenvalue weighted by Crippen LogP contribution is 2.37. The van der Waals surface area contributed by atoms with E-state index < -0.39 is 24.7 Å². The van der Waals surface area contributed by atoms with Crippen molar-refractivity contribution in [1.82, 2.24) is 4.90 Å². The lowest BCUT2D eigenvalue weighted by molar-refractivity contribution is -0.153. The van der Waals surface area contributed by atoms with Gasteiger partial charge in [-0.25, -0.2) is 0 Å². The second-order valence-corrected chi connectivity index (χ2v) is 6.59. The minimum absolute atomic E-state index is 0.0843. The van der Waals surface area contributed by atoms with Crippen LogP contribution in [0.25, 0.3) is 0 Å². The summed E-state index contributed by atoms with van der Waals surface area (Å²) in [6.45, 7) is 0.757. The fourth-order valence-electron chi connectivity index (χ4n) is 2.70. The third kappa shape index (κ3) is 5.17. The molecule has 0 aromatic heterocycles. The molecule has 0 aliphatic carbocycles. The zero-order chi connectivity index (χ0) is 19.5. The number of likely N-dealkylation sites (tertiary alicyclic amines) is 1. The molecule has 1 aliphatic heterocycles. The number of hydrogen-bond donors (Lipinski definition) is 1. The van der Waals surface area contributed by atoms with Crippen LogP contribution in [0.15, 0.2) is 12.1 Å². The number of hydrogen-bond acceptors (Lipinski definition) is 3. The lowest BCUT2D eigenvalue weighted by Crippen LogP contribution is -2.44. The van der Waals surface area contributed by atoms with Crippen molar-refractivity contribution >= 4 is 40.7 Å². The average molecular weight is 413 g/mol. The summed E-state index contributed by atoms with van der Waals surface area (Å²) < 4.78 is 41.4. The maximum atomic E-state index is 12.5. The van der Waals surface area contributed by atoms with Crippen molar-refractivity contribution < 1.29 is 27.5 Å². The van der Waals surface area contributed by atoms with Crippen LogP contribution in [0.1, 0.15) is 26.2 Å². The van der Waals surface area contributed by atoms with Crippen molar-refractivity contribution in [3.05, 3.63) is 22.2 Å². The van der Waals surface area contributed by atoms with Crippen LogP contribution in [0.3, 0.4) is 0 Å². The predicted molar refractivity (Wildman–Crippen MR) is 91.7 cm³/mol. The molecule has 1 heterocycles. The first-order valence-corrected chi connectivity index (χ1v) is 8.67. The third-order valence-corrected chi connectivity index (χ3v) is 4.38. The molecule has 1 fully saturated rings. The molecule has 10 heteroatoms. The van der Waals surface area contributed by atoms with E-state index in [1.54, 1.807) is 6.92 Å². The fourth-order valence-corrected chi connectivity index (χ4v) is 3.29. The number of rotatable bonds is 6. The summed E-state index contributed by atoms with van der Waals surface area (Å²) >= 11 is 11.8. The van der Waals surface area contributed by atoms with Crippen LogP contribution in [-0.2, 0) is 9.59 Å². The molecule has 2 rings (SSSR count). The van der Waals surface area contributed by atoms with Crippen molar-refractivity contribution in [2.45, 2.75) is 38.4 Å². The molecule has 0 bridgehead atoms. The first-order valence-electron chi connectivity index (χ1n) is 7.91. The third-order valence-electron chi connectivity index (χ3n) is 3.82. The minimum atomic E-state index is -4.53. The predicted octanol–water partition coefficient (Wildman–Crippen LogP) is 4.27. The molecule has 26 heavy (non-hydrogen) atoms. The van der Waals surface area contributed by atoms with E-state index in [9.17, 15) is 22.8 Å². The molecule has 1 N–H and O–H groups in total. The molecule has 0 saturated carbocycles. The summed E-state index contributed by atoms with van der Waals surface area (Å²) in [5.41, 5.74) is 0.203. The van der Waals surface area contributed by atoms with Crippen LogP contribution in [0.4, 0.5) is 18.9 Å². The van der Waals surface area contributed by atoms with Gasteiger partial charge in [-0.3, -0.25) is 9.59 Å². The molecule has 1 aromatic rings. The second kappa shape index (κ2) is 8.35. The van der Waals surface area contributed by atoms with Crippen molar-refractivity contribution in [3.63, 3.8) is 0 Å². The van der Waals surface area contributed by atoms with Gasteiger partial charge >= 0.3 is 6.18 Å². The highest BCUT2D eigenvalue weighted by atomic mass is 35.5. The number of halogens is 5. The summed E-state index contributed by atoms with van der Waals surface area (Å²) in [5.74, 6) is -0.816. The lowest BCUT2D eigenvalue weighted by atomic mass is 10.1. The number of nitrogens with one attached hydrogen (secondary N) is 1. The fraction of sp³-hybridized carbons (Fsp3) is 0.500. The van der Waals surface area contributed by atoms with Gasteiger partial charge in [0.05, 0.1) is 10.0 Å². The molecule has 1 saturated heterocycles. The van der Waals surface area contributed by atoms with Gasteiger partial charge in [-0.15, -0.1) is 0 Å². The quantitative estimate of drug-likeness (QED) is 0.758. The maximum absolute atomic E-state index is 12.5. The Kier molecular flexibility index (Phi) is 6.63. The van der Waals surface area contributed by atoms with Gasteiger partial charge in [0.25, 0.3) is 0 Å². The number of anilines is 1.